The van der Waals surface area contributed by atoms with Crippen LogP contribution in [0.5, 0.6) is 0 Å². The number of rotatable bonds is 3. The monoisotopic (exact) mass is 427 g/mol. The van der Waals surface area contributed by atoms with Crippen molar-refractivity contribution in [2.24, 2.45) is 5.41 Å². The van der Waals surface area contributed by atoms with E-state index in [1.807, 2.05) is 50.8 Å². The molecule has 0 aromatic heterocycles. The van der Waals surface area contributed by atoms with Gasteiger partial charge < -0.3 is 15.0 Å². The Balaban J connectivity index is 1.59. The van der Waals surface area contributed by atoms with E-state index in [1.54, 1.807) is 11.0 Å². The van der Waals surface area contributed by atoms with Crippen molar-refractivity contribution < 1.29 is 19.1 Å². The number of nitrogens with zero attached hydrogens (tertiary/aromatic N) is 2. The topological polar surface area (TPSA) is 79.0 Å². The van der Waals surface area contributed by atoms with Gasteiger partial charge in [-0.05, 0) is 31.9 Å². The van der Waals surface area contributed by atoms with Crippen LogP contribution in [0.25, 0.3) is 0 Å². The Kier molecular flexibility index (Phi) is 5.58. The molecular formula is C24H33N3O4. The lowest BCUT2D eigenvalue weighted by molar-refractivity contribution is -0.150. The van der Waals surface area contributed by atoms with Gasteiger partial charge in [-0.15, -0.1) is 0 Å². The number of amides is 3. The van der Waals surface area contributed by atoms with E-state index in [0.717, 1.165) is 18.4 Å². The van der Waals surface area contributed by atoms with Gasteiger partial charge in [-0.1, -0.05) is 38.5 Å². The largest absolute Gasteiger partial charge is 0.353 e. The van der Waals surface area contributed by atoms with Gasteiger partial charge in [-0.25, -0.2) is 0 Å². The molecule has 31 heavy (non-hydrogen) atoms. The maximum Gasteiger partial charge on any atom is 0.256 e. The SMILES string of the molecule is Cc1cccc(C(=O)N2[C@H](C(=O)NC3CC3)COC23CCN(C(=O)C(C)(C)C)CC3)c1. The van der Waals surface area contributed by atoms with Crippen molar-refractivity contribution in [3.05, 3.63) is 35.4 Å². The summed E-state index contributed by atoms with van der Waals surface area (Å²) in [7, 11) is 0. The summed E-state index contributed by atoms with van der Waals surface area (Å²) in [6, 6.07) is 7.00. The van der Waals surface area contributed by atoms with E-state index in [-0.39, 0.29) is 30.4 Å². The lowest BCUT2D eigenvalue weighted by atomic mass is 9.91. The third-order valence-electron chi connectivity index (χ3n) is 6.44. The van der Waals surface area contributed by atoms with Crippen molar-refractivity contribution in [2.75, 3.05) is 19.7 Å². The van der Waals surface area contributed by atoms with E-state index in [0.29, 0.717) is 31.5 Å². The molecule has 7 heteroatoms. The van der Waals surface area contributed by atoms with Gasteiger partial charge >= 0.3 is 0 Å². The van der Waals surface area contributed by atoms with Gasteiger partial charge in [0.2, 0.25) is 11.8 Å². The molecule has 1 aromatic carbocycles. The molecule has 1 atom stereocenters. The molecular weight excluding hydrogens is 394 g/mol. The molecule has 3 aliphatic rings. The van der Waals surface area contributed by atoms with Crippen molar-refractivity contribution in [3.8, 4) is 0 Å². The average molecular weight is 428 g/mol. The molecule has 1 saturated carbocycles. The summed E-state index contributed by atoms with van der Waals surface area (Å²) >= 11 is 0. The minimum absolute atomic E-state index is 0.0972. The highest BCUT2D eigenvalue weighted by molar-refractivity contribution is 5.98. The molecule has 0 unspecified atom stereocenters. The van der Waals surface area contributed by atoms with Crippen LogP contribution in [0.1, 0.15) is 62.4 Å². The summed E-state index contributed by atoms with van der Waals surface area (Å²) < 4.78 is 6.22. The Hall–Kier alpha value is -2.41. The van der Waals surface area contributed by atoms with Crippen molar-refractivity contribution in [1.29, 1.82) is 0 Å². The molecule has 1 aromatic rings. The predicted octanol–water partition coefficient (Wildman–Crippen LogP) is 2.48. The van der Waals surface area contributed by atoms with Gasteiger partial charge in [0.1, 0.15) is 11.8 Å². The zero-order chi connectivity index (χ0) is 22.4. The molecule has 3 amide bonds. The van der Waals surface area contributed by atoms with Gasteiger partial charge in [0.05, 0.1) is 6.61 Å². The second kappa shape index (κ2) is 7.93. The minimum Gasteiger partial charge on any atom is -0.353 e. The summed E-state index contributed by atoms with van der Waals surface area (Å²) in [4.78, 5) is 42.9. The van der Waals surface area contributed by atoms with Crippen LogP contribution < -0.4 is 5.32 Å². The molecule has 2 aliphatic heterocycles. The van der Waals surface area contributed by atoms with E-state index in [9.17, 15) is 14.4 Å². The number of ether oxygens (including phenoxy) is 1. The fourth-order valence-corrected chi connectivity index (χ4v) is 4.54. The fraction of sp³-hybridized carbons (Fsp3) is 0.625. The molecule has 2 heterocycles. The molecule has 0 bridgehead atoms. The predicted molar refractivity (Wildman–Crippen MR) is 116 cm³/mol. The zero-order valence-corrected chi connectivity index (χ0v) is 18.9. The van der Waals surface area contributed by atoms with Crippen LogP contribution in [0.2, 0.25) is 0 Å². The number of carbonyl (C=O) groups excluding carboxylic acids is 3. The smallest absolute Gasteiger partial charge is 0.256 e. The Morgan fingerprint density at radius 3 is 2.39 bits per heavy atom. The standard InChI is InChI=1S/C24H33N3O4/c1-16-6-5-7-17(14-16)21(29)27-19(20(28)25-18-8-9-18)15-31-24(27)10-12-26(13-11-24)22(30)23(2,3)4/h5-7,14,18-19H,8-13,15H2,1-4H3,(H,25,28)/t19-/m0/s1. The van der Waals surface area contributed by atoms with Crippen LogP contribution in [0.3, 0.4) is 0 Å². The molecule has 0 radical (unpaired) electrons. The van der Waals surface area contributed by atoms with Crippen molar-refractivity contribution in [1.82, 2.24) is 15.1 Å². The molecule has 4 rings (SSSR count). The van der Waals surface area contributed by atoms with Crippen LogP contribution in [0.4, 0.5) is 0 Å². The first kappa shape index (κ1) is 21.8. The molecule has 1 spiro atoms. The van der Waals surface area contributed by atoms with E-state index >= 15 is 0 Å². The van der Waals surface area contributed by atoms with Crippen LogP contribution in [-0.2, 0) is 14.3 Å². The van der Waals surface area contributed by atoms with E-state index in [2.05, 4.69) is 5.32 Å². The number of piperidine rings is 1. The number of likely N-dealkylation sites (tertiary alicyclic amines) is 1. The van der Waals surface area contributed by atoms with Gasteiger partial charge in [-0.2, -0.15) is 0 Å². The summed E-state index contributed by atoms with van der Waals surface area (Å²) in [5.74, 6) is -0.235. The third kappa shape index (κ3) is 4.33. The van der Waals surface area contributed by atoms with Crippen molar-refractivity contribution >= 4 is 17.7 Å². The quantitative estimate of drug-likeness (QED) is 0.804. The lowest BCUT2D eigenvalue weighted by Gasteiger charge is -2.45. The van der Waals surface area contributed by atoms with Gasteiger partial charge in [0.15, 0.2) is 0 Å². The fourth-order valence-electron chi connectivity index (χ4n) is 4.54. The molecule has 1 N–H and O–H groups in total. The molecule has 2 saturated heterocycles. The number of hydrogen-bond donors (Lipinski definition) is 1. The van der Waals surface area contributed by atoms with Crippen molar-refractivity contribution in [3.63, 3.8) is 0 Å². The number of benzene rings is 1. The van der Waals surface area contributed by atoms with Crippen LogP contribution in [0, 0.1) is 12.3 Å². The minimum atomic E-state index is -0.860. The highest BCUT2D eigenvalue weighted by atomic mass is 16.5. The Morgan fingerprint density at radius 1 is 1.13 bits per heavy atom. The molecule has 1 aliphatic carbocycles. The number of hydrogen-bond acceptors (Lipinski definition) is 4. The van der Waals surface area contributed by atoms with Crippen molar-refractivity contribution in [2.45, 2.75) is 71.2 Å². The van der Waals surface area contributed by atoms with Crippen LogP contribution >= 0.6 is 0 Å². The normalized spacial score (nSPS) is 23.2. The average Bonchev–Trinajstić information content (AvgIpc) is 3.46. The number of carbonyl (C=O) groups is 3. The number of aryl methyl sites for hydroxylation is 1. The molecule has 7 nitrogen and oxygen atoms in total. The maximum absolute atomic E-state index is 13.6. The lowest BCUT2D eigenvalue weighted by Crippen LogP contribution is -2.60. The maximum atomic E-state index is 13.6. The van der Waals surface area contributed by atoms with Gasteiger partial charge in [0, 0.05) is 43.0 Å². The van der Waals surface area contributed by atoms with Gasteiger partial charge in [0.25, 0.3) is 5.91 Å². The number of nitrogens with one attached hydrogen (secondary N) is 1. The highest BCUT2D eigenvalue weighted by Crippen LogP contribution is 2.39. The molecule has 3 fully saturated rings. The summed E-state index contributed by atoms with van der Waals surface area (Å²) in [5.41, 5.74) is 0.234. The van der Waals surface area contributed by atoms with E-state index in [4.69, 9.17) is 4.74 Å². The third-order valence-corrected chi connectivity index (χ3v) is 6.44. The van der Waals surface area contributed by atoms with Crippen LogP contribution in [0.15, 0.2) is 24.3 Å². The first-order valence-electron chi connectivity index (χ1n) is 11.2. The second-order valence-corrected chi connectivity index (χ2v) is 10.1. The van der Waals surface area contributed by atoms with E-state index < -0.39 is 17.2 Å². The van der Waals surface area contributed by atoms with Crippen LogP contribution in [-0.4, -0.2) is 65.0 Å². The Morgan fingerprint density at radius 2 is 1.81 bits per heavy atom. The zero-order valence-electron chi connectivity index (χ0n) is 18.9. The summed E-state index contributed by atoms with van der Waals surface area (Å²) in [5, 5.41) is 3.04. The Bertz CT molecular complexity index is 879. The summed E-state index contributed by atoms with van der Waals surface area (Å²) in [6.45, 7) is 8.88. The van der Waals surface area contributed by atoms with E-state index in [1.165, 1.54) is 0 Å². The molecule has 168 valence electrons. The van der Waals surface area contributed by atoms with Gasteiger partial charge in [-0.3, -0.25) is 19.3 Å². The summed E-state index contributed by atoms with van der Waals surface area (Å²) in [6.07, 6.45) is 2.97. The highest BCUT2D eigenvalue weighted by Gasteiger charge is 2.54. The first-order chi connectivity index (χ1) is 14.6. The first-order valence-corrected chi connectivity index (χ1v) is 11.2. The Labute approximate surface area is 184 Å². The second-order valence-electron chi connectivity index (χ2n) is 10.1.